The van der Waals surface area contributed by atoms with Crippen molar-refractivity contribution in [3.8, 4) is 0 Å². The Labute approximate surface area is 102 Å². The first kappa shape index (κ1) is 13.6. The lowest BCUT2D eigenvalue weighted by Gasteiger charge is -2.08. The quantitative estimate of drug-likeness (QED) is 0.734. The molecular formula is C12H18O2S2. The molecule has 16 heavy (non-hydrogen) atoms. The van der Waals surface area contributed by atoms with E-state index in [0.29, 0.717) is 11.3 Å². The van der Waals surface area contributed by atoms with E-state index in [9.17, 15) is 8.42 Å². The highest BCUT2D eigenvalue weighted by molar-refractivity contribution is 8.00. The van der Waals surface area contributed by atoms with Gasteiger partial charge in [0.25, 0.3) is 0 Å². The van der Waals surface area contributed by atoms with Crippen LogP contribution in [0.15, 0.2) is 34.1 Å². The maximum Gasteiger partial charge on any atom is 0.179 e. The highest BCUT2D eigenvalue weighted by Gasteiger charge is 2.16. The van der Waals surface area contributed by atoms with Crippen LogP contribution in [0.1, 0.15) is 26.7 Å². The van der Waals surface area contributed by atoms with Crippen LogP contribution in [-0.4, -0.2) is 19.9 Å². The Morgan fingerprint density at radius 2 is 1.81 bits per heavy atom. The second-order valence-electron chi connectivity index (χ2n) is 3.61. The topological polar surface area (TPSA) is 34.1 Å². The third-order valence-corrected chi connectivity index (χ3v) is 5.50. The van der Waals surface area contributed by atoms with Crippen molar-refractivity contribution in [2.45, 2.75) is 36.5 Å². The first-order chi connectivity index (χ1) is 7.61. The molecule has 4 heteroatoms. The van der Waals surface area contributed by atoms with Crippen molar-refractivity contribution in [2.24, 2.45) is 0 Å². The smallest absolute Gasteiger partial charge is 0.179 e. The summed E-state index contributed by atoms with van der Waals surface area (Å²) in [7, 11) is -3.09. The van der Waals surface area contributed by atoms with Gasteiger partial charge in [-0.25, -0.2) is 8.42 Å². The molecular weight excluding hydrogens is 240 g/mol. The maximum absolute atomic E-state index is 12.0. The summed E-state index contributed by atoms with van der Waals surface area (Å²) in [5.41, 5.74) is 0. The predicted molar refractivity (Wildman–Crippen MR) is 69.8 cm³/mol. The van der Waals surface area contributed by atoms with Crippen molar-refractivity contribution >= 4 is 21.6 Å². The van der Waals surface area contributed by atoms with Crippen LogP contribution < -0.4 is 0 Å². The minimum atomic E-state index is -3.09. The van der Waals surface area contributed by atoms with Crippen LogP contribution in [0.25, 0.3) is 0 Å². The third-order valence-electron chi connectivity index (χ3n) is 2.12. The Morgan fingerprint density at radius 3 is 2.44 bits per heavy atom. The Bertz CT molecular complexity index is 424. The third kappa shape index (κ3) is 3.52. The molecule has 0 saturated carbocycles. The first-order valence-corrected chi connectivity index (χ1v) is 8.20. The van der Waals surface area contributed by atoms with E-state index in [2.05, 4.69) is 6.92 Å². The van der Waals surface area contributed by atoms with Crippen LogP contribution >= 0.6 is 11.8 Å². The van der Waals surface area contributed by atoms with Crippen LogP contribution in [0.2, 0.25) is 0 Å². The van der Waals surface area contributed by atoms with Crippen LogP contribution in [0.5, 0.6) is 0 Å². The molecule has 0 N–H and O–H groups in total. The van der Waals surface area contributed by atoms with Gasteiger partial charge in [0.1, 0.15) is 0 Å². The summed E-state index contributed by atoms with van der Waals surface area (Å²) in [4.78, 5) is 1.38. The van der Waals surface area contributed by atoms with E-state index >= 15 is 0 Å². The van der Waals surface area contributed by atoms with E-state index in [0.717, 1.165) is 17.1 Å². The SMILES string of the molecule is CCCSc1ccccc1S(=O)(=O)CCC. The van der Waals surface area contributed by atoms with Crippen LogP contribution in [0.3, 0.4) is 0 Å². The number of benzene rings is 1. The fourth-order valence-electron chi connectivity index (χ4n) is 1.42. The summed E-state index contributed by atoms with van der Waals surface area (Å²) in [5, 5.41) is 0. The van der Waals surface area contributed by atoms with Crippen molar-refractivity contribution in [2.75, 3.05) is 11.5 Å². The van der Waals surface area contributed by atoms with Crippen molar-refractivity contribution in [1.29, 1.82) is 0 Å². The largest absolute Gasteiger partial charge is 0.224 e. The van der Waals surface area contributed by atoms with E-state index in [1.54, 1.807) is 23.9 Å². The van der Waals surface area contributed by atoms with E-state index in [-0.39, 0.29) is 5.75 Å². The fourth-order valence-corrected chi connectivity index (χ4v) is 4.20. The van der Waals surface area contributed by atoms with Crippen molar-refractivity contribution in [3.05, 3.63) is 24.3 Å². The van der Waals surface area contributed by atoms with Gasteiger partial charge in [0.2, 0.25) is 0 Å². The summed E-state index contributed by atoms with van der Waals surface area (Å²) in [6.45, 7) is 3.98. The normalized spacial score (nSPS) is 11.6. The summed E-state index contributed by atoms with van der Waals surface area (Å²) in [6.07, 6.45) is 1.71. The van der Waals surface area contributed by atoms with Gasteiger partial charge in [0.05, 0.1) is 10.6 Å². The summed E-state index contributed by atoms with van der Waals surface area (Å²) in [6, 6.07) is 7.29. The lowest BCUT2D eigenvalue weighted by atomic mass is 10.4. The summed E-state index contributed by atoms with van der Waals surface area (Å²) < 4.78 is 24.0. The van der Waals surface area contributed by atoms with Crippen LogP contribution in [0, 0.1) is 0 Å². The molecule has 0 spiro atoms. The van der Waals surface area contributed by atoms with Gasteiger partial charge in [0, 0.05) is 4.90 Å². The van der Waals surface area contributed by atoms with Gasteiger partial charge < -0.3 is 0 Å². The molecule has 0 fully saturated rings. The second kappa shape index (κ2) is 6.30. The molecule has 0 aliphatic heterocycles. The molecule has 0 saturated heterocycles. The highest BCUT2D eigenvalue weighted by atomic mass is 32.2. The van der Waals surface area contributed by atoms with Crippen molar-refractivity contribution in [1.82, 2.24) is 0 Å². The lowest BCUT2D eigenvalue weighted by molar-refractivity contribution is 0.592. The summed E-state index contributed by atoms with van der Waals surface area (Å²) in [5.74, 6) is 1.19. The van der Waals surface area contributed by atoms with Gasteiger partial charge in [-0.1, -0.05) is 26.0 Å². The highest BCUT2D eigenvalue weighted by Crippen LogP contribution is 2.27. The molecule has 1 aromatic rings. The fraction of sp³-hybridized carbons (Fsp3) is 0.500. The zero-order chi connectivity index (χ0) is 12.0. The Morgan fingerprint density at radius 1 is 1.12 bits per heavy atom. The van der Waals surface area contributed by atoms with Crippen molar-refractivity contribution in [3.63, 3.8) is 0 Å². The van der Waals surface area contributed by atoms with Gasteiger partial charge in [-0.2, -0.15) is 0 Å². The number of thioether (sulfide) groups is 1. The number of rotatable bonds is 6. The predicted octanol–water partition coefficient (Wildman–Crippen LogP) is 3.37. The number of hydrogen-bond donors (Lipinski definition) is 0. The minimum absolute atomic E-state index is 0.233. The van der Waals surface area contributed by atoms with Gasteiger partial charge in [-0.05, 0) is 30.7 Å². The number of sulfone groups is 1. The molecule has 1 aromatic carbocycles. The molecule has 0 bridgehead atoms. The molecule has 0 heterocycles. The Hall–Kier alpha value is -0.480. The molecule has 0 radical (unpaired) electrons. The van der Waals surface area contributed by atoms with E-state index < -0.39 is 9.84 Å². The second-order valence-corrected chi connectivity index (χ2v) is 6.83. The lowest BCUT2D eigenvalue weighted by Crippen LogP contribution is -2.07. The monoisotopic (exact) mass is 258 g/mol. The van der Waals surface area contributed by atoms with Gasteiger partial charge in [0.15, 0.2) is 9.84 Å². The molecule has 90 valence electrons. The van der Waals surface area contributed by atoms with Crippen LogP contribution in [0.4, 0.5) is 0 Å². The Kier molecular flexibility index (Phi) is 5.35. The number of hydrogen-bond acceptors (Lipinski definition) is 3. The molecule has 0 amide bonds. The molecule has 0 atom stereocenters. The minimum Gasteiger partial charge on any atom is -0.224 e. The van der Waals surface area contributed by atoms with Gasteiger partial charge in [-0.15, -0.1) is 11.8 Å². The molecule has 0 aromatic heterocycles. The standard InChI is InChI=1S/C12H18O2S2/c1-3-9-15-11-7-5-6-8-12(11)16(13,14)10-4-2/h5-8H,3-4,9-10H2,1-2H3. The zero-order valence-electron chi connectivity index (χ0n) is 9.77. The van der Waals surface area contributed by atoms with E-state index in [1.807, 2.05) is 19.1 Å². The molecule has 1 rings (SSSR count). The van der Waals surface area contributed by atoms with Gasteiger partial charge >= 0.3 is 0 Å². The van der Waals surface area contributed by atoms with Crippen molar-refractivity contribution < 1.29 is 8.42 Å². The average molecular weight is 258 g/mol. The van der Waals surface area contributed by atoms with Crippen LogP contribution in [-0.2, 0) is 9.84 Å². The molecule has 0 unspecified atom stereocenters. The maximum atomic E-state index is 12.0. The summed E-state index contributed by atoms with van der Waals surface area (Å²) >= 11 is 1.62. The molecule has 0 aliphatic carbocycles. The van der Waals surface area contributed by atoms with Gasteiger partial charge in [-0.3, -0.25) is 0 Å². The van der Waals surface area contributed by atoms with E-state index in [1.165, 1.54) is 0 Å². The molecule has 0 aliphatic rings. The average Bonchev–Trinajstić information content (AvgIpc) is 2.26. The first-order valence-electron chi connectivity index (χ1n) is 5.56. The zero-order valence-corrected chi connectivity index (χ0v) is 11.4. The molecule has 2 nitrogen and oxygen atoms in total. The Balaban J connectivity index is 3.03. The van der Waals surface area contributed by atoms with E-state index in [4.69, 9.17) is 0 Å².